The molecule has 0 aromatic rings. The lowest BCUT2D eigenvalue weighted by Crippen LogP contribution is -2.19. The van der Waals surface area contributed by atoms with E-state index in [1.165, 1.54) is 6.92 Å². The normalized spacial score (nSPS) is 16.4. The molecule has 0 aromatic heterocycles. The van der Waals surface area contributed by atoms with E-state index in [0.29, 0.717) is 0 Å². The minimum atomic E-state index is -4.22. The number of hydrogen-bond donors (Lipinski definition) is 1. The summed E-state index contributed by atoms with van der Waals surface area (Å²) >= 11 is -0.102. The fraction of sp³-hybridized carbons (Fsp3) is 0.875. The topological polar surface area (TPSA) is 37.3 Å². The Balaban J connectivity index is 3.75. The molecule has 0 aliphatic heterocycles. The van der Waals surface area contributed by atoms with Crippen LogP contribution in [0.2, 0.25) is 0 Å². The minimum Gasteiger partial charge on any atom is -0.481 e. The molecule has 14 heavy (non-hydrogen) atoms. The highest BCUT2D eigenvalue weighted by molar-refractivity contribution is 8.00. The van der Waals surface area contributed by atoms with Gasteiger partial charge in [-0.15, -0.1) is 0 Å². The molecule has 6 heteroatoms. The standard InChI is InChI=1S/C8H13F3O2S/c1-5(6(2)7(12)13)3-4-14-8(9,10)11/h5-6H,3-4H2,1-2H3,(H,12,13). The second-order valence-electron chi connectivity index (χ2n) is 3.19. The highest BCUT2D eigenvalue weighted by Gasteiger charge is 2.28. The Bertz CT molecular complexity index is 194. The maximum atomic E-state index is 11.7. The Hall–Kier alpha value is -0.390. The van der Waals surface area contributed by atoms with Gasteiger partial charge in [-0.2, -0.15) is 13.2 Å². The van der Waals surface area contributed by atoms with E-state index in [2.05, 4.69) is 0 Å². The molecule has 2 unspecified atom stereocenters. The monoisotopic (exact) mass is 230 g/mol. The first-order chi connectivity index (χ1) is 6.24. The molecule has 0 fully saturated rings. The van der Waals surface area contributed by atoms with Crippen molar-refractivity contribution in [1.29, 1.82) is 0 Å². The number of alkyl halides is 3. The first-order valence-corrected chi connectivity index (χ1v) is 5.16. The predicted molar refractivity (Wildman–Crippen MR) is 49.1 cm³/mol. The number of aliphatic carboxylic acids is 1. The molecule has 0 rings (SSSR count). The van der Waals surface area contributed by atoms with Gasteiger partial charge in [-0.1, -0.05) is 25.6 Å². The maximum absolute atomic E-state index is 11.7. The third-order valence-electron chi connectivity index (χ3n) is 2.08. The number of hydrogen-bond acceptors (Lipinski definition) is 2. The summed E-state index contributed by atoms with van der Waals surface area (Å²) in [5.41, 5.74) is -4.22. The molecule has 0 radical (unpaired) electrons. The molecular weight excluding hydrogens is 217 g/mol. The van der Waals surface area contributed by atoms with Crippen LogP contribution in [0, 0.1) is 11.8 Å². The quantitative estimate of drug-likeness (QED) is 0.788. The first kappa shape index (κ1) is 13.6. The van der Waals surface area contributed by atoms with Crippen molar-refractivity contribution >= 4 is 17.7 Å². The molecule has 2 atom stereocenters. The third-order valence-corrected chi connectivity index (χ3v) is 2.85. The summed E-state index contributed by atoms with van der Waals surface area (Å²) in [5.74, 6) is -1.87. The van der Waals surface area contributed by atoms with Gasteiger partial charge in [0.25, 0.3) is 0 Å². The second kappa shape index (κ2) is 5.48. The van der Waals surface area contributed by atoms with Gasteiger partial charge in [-0.25, -0.2) is 0 Å². The molecule has 0 amide bonds. The Kier molecular flexibility index (Phi) is 5.33. The molecule has 1 N–H and O–H groups in total. The highest BCUT2D eigenvalue weighted by atomic mass is 32.2. The molecule has 2 nitrogen and oxygen atoms in total. The van der Waals surface area contributed by atoms with Crippen LogP contribution in [0.3, 0.4) is 0 Å². The molecule has 0 spiro atoms. The van der Waals surface area contributed by atoms with Gasteiger partial charge in [0.15, 0.2) is 0 Å². The van der Waals surface area contributed by atoms with E-state index in [1.54, 1.807) is 6.92 Å². The molecule has 0 aliphatic rings. The number of carboxylic acid groups (broad SMARTS) is 1. The smallest absolute Gasteiger partial charge is 0.441 e. The number of halogens is 3. The van der Waals surface area contributed by atoms with Gasteiger partial charge in [-0.05, 0) is 12.3 Å². The lowest BCUT2D eigenvalue weighted by molar-refractivity contribution is -0.142. The largest absolute Gasteiger partial charge is 0.481 e. The molecular formula is C8H13F3O2S. The summed E-state index contributed by atoms with van der Waals surface area (Å²) in [4.78, 5) is 10.5. The van der Waals surface area contributed by atoms with Crippen LogP contribution >= 0.6 is 11.8 Å². The lowest BCUT2D eigenvalue weighted by Gasteiger charge is -2.15. The fourth-order valence-corrected chi connectivity index (χ4v) is 1.58. The summed E-state index contributed by atoms with van der Waals surface area (Å²) < 4.78 is 35.1. The second-order valence-corrected chi connectivity index (χ2v) is 4.35. The maximum Gasteiger partial charge on any atom is 0.441 e. The predicted octanol–water partition coefficient (Wildman–Crippen LogP) is 2.99. The van der Waals surface area contributed by atoms with E-state index in [0.717, 1.165) is 0 Å². The molecule has 0 saturated carbocycles. The molecule has 0 heterocycles. The van der Waals surface area contributed by atoms with E-state index >= 15 is 0 Å². The van der Waals surface area contributed by atoms with Crippen molar-refractivity contribution in [2.75, 3.05) is 5.75 Å². The lowest BCUT2D eigenvalue weighted by atomic mass is 9.94. The number of carbonyl (C=O) groups is 1. The van der Waals surface area contributed by atoms with Crippen LogP contribution in [0.4, 0.5) is 13.2 Å². The third kappa shape index (κ3) is 6.12. The summed E-state index contributed by atoms with van der Waals surface area (Å²) in [6.07, 6.45) is 0.262. The van der Waals surface area contributed by atoms with Crippen molar-refractivity contribution in [3.8, 4) is 0 Å². The Morgan fingerprint density at radius 2 is 1.93 bits per heavy atom. The zero-order chi connectivity index (χ0) is 11.4. The van der Waals surface area contributed by atoms with Crippen molar-refractivity contribution in [3.63, 3.8) is 0 Å². The molecule has 0 aromatic carbocycles. The van der Waals surface area contributed by atoms with E-state index in [9.17, 15) is 18.0 Å². The van der Waals surface area contributed by atoms with Crippen molar-refractivity contribution in [3.05, 3.63) is 0 Å². The Morgan fingerprint density at radius 3 is 2.29 bits per heavy atom. The Morgan fingerprint density at radius 1 is 1.43 bits per heavy atom. The molecule has 0 saturated heterocycles. The SMILES string of the molecule is CC(CCSC(F)(F)F)C(C)C(=O)O. The number of thioether (sulfide) groups is 1. The van der Waals surface area contributed by atoms with Crippen LogP contribution < -0.4 is 0 Å². The van der Waals surface area contributed by atoms with Crippen molar-refractivity contribution in [2.45, 2.75) is 25.8 Å². The van der Waals surface area contributed by atoms with Crippen LogP contribution in [0.1, 0.15) is 20.3 Å². The van der Waals surface area contributed by atoms with E-state index in [4.69, 9.17) is 5.11 Å². The Labute approximate surface area is 84.9 Å². The molecule has 84 valence electrons. The average molecular weight is 230 g/mol. The summed E-state index contributed by atoms with van der Waals surface area (Å²) in [6.45, 7) is 3.15. The van der Waals surface area contributed by atoms with Crippen LogP contribution in [0.5, 0.6) is 0 Å². The van der Waals surface area contributed by atoms with Crippen molar-refractivity contribution in [1.82, 2.24) is 0 Å². The van der Waals surface area contributed by atoms with E-state index in [-0.39, 0.29) is 29.9 Å². The average Bonchev–Trinajstić information content (AvgIpc) is 2.00. The molecule has 0 bridgehead atoms. The van der Waals surface area contributed by atoms with Gasteiger partial charge in [-0.3, -0.25) is 4.79 Å². The van der Waals surface area contributed by atoms with Crippen LogP contribution in [0.25, 0.3) is 0 Å². The van der Waals surface area contributed by atoms with Crippen molar-refractivity contribution in [2.24, 2.45) is 11.8 Å². The van der Waals surface area contributed by atoms with Crippen molar-refractivity contribution < 1.29 is 23.1 Å². The zero-order valence-electron chi connectivity index (χ0n) is 7.97. The van der Waals surface area contributed by atoms with Gasteiger partial charge in [0.05, 0.1) is 5.92 Å². The first-order valence-electron chi connectivity index (χ1n) is 4.17. The summed E-state index contributed by atoms with van der Waals surface area (Å²) in [5, 5.41) is 8.58. The minimum absolute atomic E-state index is 0.0811. The fourth-order valence-electron chi connectivity index (χ4n) is 0.854. The van der Waals surface area contributed by atoms with Gasteiger partial charge < -0.3 is 5.11 Å². The van der Waals surface area contributed by atoms with Gasteiger partial charge in [0.2, 0.25) is 0 Å². The zero-order valence-corrected chi connectivity index (χ0v) is 8.78. The van der Waals surface area contributed by atoms with E-state index < -0.39 is 17.4 Å². The molecule has 0 aliphatic carbocycles. The number of rotatable bonds is 5. The van der Waals surface area contributed by atoms with Gasteiger partial charge >= 0.3 is 11.5 Å². The summed E-state index contributed by atoms with van der Waals surface area (Å²) in [7, 11) is 0. The van der Waals surface area contributed by atoms with Gasteiger partial charge in [0.1, 0.15) is 0 Å². The van der Waals surface area contributed by atoms with Gasteiger partial charge in [0, 0.05) is 5.75 Å². The highest BCUT2D eigenvalue weighted by Crippen LogP contribution is 2.32. The van der Waals surface area contributed by atoms with Crippen LogP contribution in [-0.4, -0.2) is 22.3 Å². The van der Waals surface area contributed by atoms with Crippen LogP contribution in [0.15, 0.2) is 0 Å². The van der Waals surface area contributed by atoms with E-state index in [1.807, 2.05) is 0 Å². The van der Waals surface area contributed by atoms with Crippen LogP contribution in [-0.2, 0) is 4.79 Å². The number of carboxylic acids is 1. The summed E-state index contributed by atoms with van der Waals surface area (Å²) in [6, 6.07) is 0.